The van der Waals surface area contributed by atoms with Gasteiger partial charge in [-0.05, 0) is 25.0 Å². The number of imide groups is 1. The second-order valence-corrected chi connectivity index (χ2v) is 6.41. The van der Waals surface area contributed by atoms with Crippen LogP contribution in [0.15, 0.2) is 24.3 Å². The molecule has 0 bridgehead atoms. The third kappa shape index (κ3) is 2.01. The van der Waals surface area contributed by atoms with E-state index in [2.05, 4.69) is 5.32 Å². The van der Waals surface area contributed by atoms with E-state index in [1.54, 1.807) is 6.92 Å². The molecule has 1 aromatic carbocycles. The Morgan fingerprint density at radius 2 is 1.91 bits per heavy atom. The molecule has 1 aromatic rings. The first-order valence-corrected chi connectivity index (χ1v) is 7.56. The van der Waals surface area contributed by atoms with Gasteiger partial charge in [0.2, 0.25) is 11.8 Å². The molecule has 0 saturated carbocycles. The second kappa shape index (κ2) is 5.16. The van der Waals surface area contributed by atoms with Crippen LogP contribution in [0.3, 0.4) is 0 Å². The molecule has 1 N–H and O–H groups in total. The Morgan fingerprint density at radius 1 is 1.26 bits per heavy atom. The minimum atomic E-state index is -1.22. The van der Waals surface area contributed by atoms with Gasteiger partial charge in [0, 0.05) is 13.1 Å². The lowest BCUT2D eigenvalue weighted by molar-refractivity contribution is -0.152. The third-order valence-corrected chi connectivity index (χ3v) is 5.14. The SMILES string of the molecule is COC(=O)[C@@]1(C)N[C@@H](c2ccccc2C)[C@H]2C(=O)N(C)C(=O)[C@H]21. The Balaban J connectivity index is 2.14. The molecule has 0 aliphatic carbocycles. The van der Waals surface area contributed by atoms with Crippen LogP contribution in [-0.2, 0) is 19.1 Å². The molecule has 3 rings (SSSR count). The molecule has 2 saturated heterocycles. The number of ether oxygens (including phenoxy) is 1. The summed E-state index contributed by atoms with van der Waals surface area (Å²) in [6.07, 6.45) is 0. The molecule has 2 fully saturated rings. The zero-order valence-electron chi connectivity index (χ0n) is 13.6. The highest BCUT2D eigenvalue weighted by Gasteiger charge is 2.66. The normalized spacial score (nSPS) is 33.0. The fourth-order valence-corrected chi connectivity index (χ4v) is 3.89. The average Bonchev–Trinajstić information content (AvgIpc) is 2.97. The van der Waals surface area contributed by atoms with Gasteiger partial charge in [-0.3, -0.25) is 24.6 Å². The molecule has 2 aliphatic rings. The van der Waals surface area contributed by atoms with Crippen molar-refractivity contribution in [3.63, 3.8) is 0 Å². The van der Waals surface area contributed by atoms with Gasteiger partial charge in [0.15, 0.2) is 0 Å². The second-order valence-electron chi connectivity index (χ2n) is 6.41. The highest BCUT2D eigenvalue weighted by molar-refractivity contribution is 6.09. The largest absolute Gasteiger partial charge is 0.468 e. The number of nitrogens with zero attached hydrogens (tertiary/aromatic N) is 1. The molecule has 2 heterocycles. The molecule has 0 aromatic heterocycles. The van der Waals surface area contributed by atoms with E-state index in [4.69, 9.17) is 4.74 Å². The summed E-state index contributed by atoms with van der Waals surface area (Å²) >= 11 is 0. The standard InChI is InChI=1S/C17H20N2O4/c1-9-7-5-6-8-10(9)13-11-12(15(21)19(3)14(11)20)17(2,18-13)16(22)23-4/h5-8,11-13,18H,1-4H3/t11-,12-,13-,17-/m0/s1. The summed E-state index contributed by atoms with van der Waals surface area (Å²) in [6.45, 7) is 3.59. The molecule has 0 spiro atoms. The Bertz CT molecular complexity index is 702. The predicted octanol–water partition coefficient (Wildman–Crippen LogP) is 0.802. The summed E-state index contributed by atoms with van der Waals surface area (Å²) in [5.41, 5.74) is 0.711. The maximum absolute atomic E-state index is 12.6. The zero-order chi connectivity index (χ0) is 16.9. The average molecular weight is 316 g/mol. The van der Waals surface area contributed by atoms with Crippen LogP contribution in [0.25, 0.3) is 0 Å². The molecule has 0 unspecified atom stereocenters. The number of methoxy groups -OCH3 is 1. The molecule has 2 aliphatic heterocycles. The molecule has 2 amide bonds. The lowest BCUT2D eigenvalue weighted by atomic mass is 9.80. The van der Waals surface area contributed by atoms with Crippen molar-refractivity contribution in [2.75, 3.05) is 14.2 Å². The molecule has 0 radical (unpaired) electrons. The highest BCUT2D eigenvalue weighted by Crippen LogP contribution is 2.49. The highest BCUT2D eigenvalue weighted by atomic mass is 16.5. The number of benzene rings is 1. The van der Waals surface area contributed by atoms with Crippen LogP contribution in [0.2, 0.25) is 0 Å². The zero-order valence-corrected chi connectivity index (χ0v) is 13.6. The van der Waals surface area contributed by atoms with Gasteiger partial charge in [-0.1, -0.05) is 24.3 Å². The Labute approximate surface area is 134 Å². The van der Waals surface area contributed by atoms with E-state index >= 15 is 0 Å². The van der Waals surface area contributed by atoms with E-state index in [0.717, 1.165) is 16.0 Å². The third-order valence-electron chi connectivity index (χ3n) is 5.14. The van der Waals surface area contributed by atoms with E-state index in [-0.39, 0.29) is 11.8 Å². The van der Waals surface area contributed by atoms with Crippen molar-refractivity contribution in [1.82, 2.24) is 10.2 Å². The minimum Gasteiger partial charge on any atom is -0.468 e. The fraction of sp³-hybridized carbons (Fsp3) is 0.471. The number of amides is 2. The first kappa shape index (κ1) is 15.7. The maximum Gasteiger partial charge on any atom is 0.326 e. The number of fused-ring (bicyclic) bond motifs is 1. The quantitative estimate of drug-likeness (QED) is 0.645. The lowest BCUT2D eigenvalue weighted by Crippen LogP contribution is -2.53. The van der Waals surface area contributed by atoms with Gasteiger partial charge in [0.05, 0.1) is 18.9 Å². The number of carbonyl (C=O) groups is 3. The topological polar surface area (TPSA) is 75.7 Å². The Hall–Kier alpha value is -2.21. The van der Waals surface area contributed by atoms with Crippen LogP contribution in [0.1, 0.15) is 24.1 Å². The summed E-state index contributed by atoms with van der Waals surface area (Å²) in [7, 11) is 2.76. The van der Waals surface area contributed by atoms with E-state index in [9.17, 15) is 14.4 Å². The molecule has 6 heteroatoms. The number of hydrogen-bond acceptors (Lipinski definition) is 5. The molecule has 122 valence electrons. The number of carbonyl (C=O) groups excluding carboxylic acids is 3. The number of nitrogens with one attached hydrogen (secondary N) is 1. The van der Waals surface area contributed by atoms with Crippen LogP contribution < -0.4 is 5.32 Å². The van der Waals surface area contributed by atoms with E-state index in [1.807, 2.05) is 31.2 Å². The summed E-state index contributed by atoms with van der Waals surface area (Å²) in [5, 5.41) is 3.22. The van der Waals surface area contributed by atoms with Gasteiger partial charge in [-0.25, -0.2) is 0 Å². The first-order chi connectivity index (χ1) is 10.8. The van der Waals surface area contributed by atoms with Crippen molar-refractivity contribution in [1.29, 1.82) is 0 Å². The van der Waals surface area contributed by atoms with Gasteiger partial charge >= 0.3 is 5.97 Å². The van der Waals surface area contributed by atoms with Crippen molar-refractivity contribution in [2.45, 2.75) is 25.4 Å². The van der Waals surface area contributed by atoms with Crippen molar-refractivity contribution in [3.8, 4) is 0 Å². The number of esters is 1. The lowest BCUT2D eigenvalue weighted by Gasteiger charge is -2.28. The number of likely N-dealkylation sites (tertiary alicyclic amines) is 1. The van der Waals surface area contributed by atoms with Crippen LogP contribution in [-0.4, -0.2) is 42.4 Å². The van der Waals surface area contributed by atoms with E-state index < -0.39 is 29.4 Å². The number of aryl methyl sites for hydroxylation is 1. The molecule has 4 atom stereocenters. The van der Waals surface area contributed by atoms with Crippen molar-refractivity contribution in [3.05, 3.63) is 35.4 Å². The van der Waals surface area contributed by atoms with Gasteiger partial charge in [0.25, 0.3) is 0 Å². The fourth-order valence-electron chi connectivity index (χ4n) is 3.89. The molecular weight excluding hydrogens is 296 g/mol. The van der Waals surface area contributed by atoms with Crippen LogP contribution in [0.5, 0.6) is 0 Å². The predicted molar refractivity (Wildman–Crippen MR) is 82.2 cm³/mol. The first-order valence-electron chi connectivity index (χ1n) is 7.56. The summed E-state index contributed by atoms with van der Waals surface area (Å²) in [5.74, 6) is -2.47. The Morgan fingerprint density at radius 3 is 2.52 bits per heavy atom. The number of hydrogen-bond donors (Lipinski definition) is 1. The van der Waals surface area contributed by atoms with Gasteiger partial charge < -0.3 is 4.74 Å². The van der Waals surface area contributed by atoms with Gasteiger partial charge in [-0.2, -0.15) is 0 Å². The monoisotopic (exact) mass is 316 g/mol. The molecular formula is C17H20N2O4. The summed E-state index contributed by atoms with van der Waals surface area (Å²) < 4.78 is 4.90. The molecule has 6 nitrogen and oxygen atoms in total. The van der Waals surface area contributed by atoms with Crippen LogP contribution in [0.4, 0.5) is 0 Å². The maximum atomic E-state index is 12.6. The minimum absolute atomic E-state index is 0.256. The van der Waals surface area contributed by atoms with Gasteiger partial charge in [-0.15, -0.1) is 0 Å². The van der Waals surface area contributed by atoms with Crippen molar-refractivity contribution < 1.29 is 19.1 Å². The van der Waals surface area contributed by atoms with Crippen LogP contribution in [0, 0.1) is 18.8 Å². The van der Waals surface area contributed by atoms with Crippen molar-refractivity contribution >= 4 is 17.8 Å². The molecule has 23 heavy (non-hydrogen) atoms. The number of rotatable bonds is 2. The van der Waals surface area contributed by atoms with E-state index in [0.29, 0.717) is 0 Å². The summed E-state index contributed by atoms with van der Waals surface area (Å²) in [4.78, 5) is 38.6. The Kier molecular flexibility index (Phi) is 3.52. The smallest absolute Gasteiger partial charge is 0.326 e. The summed E-state index contributed by atoms with van der Waals surface area (Å²) in [6, 6.07) is 7.27. The van der Waals surface area contributed by atoms with Crippen molar-refractivity contribution in [2.24, 2.45) is 11.8 Å². The van der Waals surface area contributed by atoms with E-state index in [1.165, 1.54) is 14.2 Å². The van der Waals surface area contributed by atoms with Gasteiger partial charge in [0.1, 0.15) is 5.54 Å². The van der Waals surface area contributed by atoms with Crippen LogP contribution >= 0.6 is 0 Å².